The second-order valence-corrected chi connectivity index (χ2v) is 5.83. The molecule has 1 aliphatic heterocycles. The van der Waals surface area contributed by atoms with Crippen molar-refractivity contribution < 1.29 is 22.7 Å². The Bertz CT molecular complexity index is 586. The molecule has 1 aliphatic rings. The highest BCUT2D eigenvalue weighted by Gasteiger charge is 2.31. The van der Waals surface area contributed by atoms with Crippen LogP contribution in [0.25, 0.3) is 0 Å². The molecule has 0 spiro atoms. The molecular formula is C14H13F3N2O2S. The molecule has 2 rings (SSSR count). The van der Waals surface area contributed by atoms with Crippen LogP contribution in [-0.4, -0.2) is 41.3 Å². The van der Waals surface area contributed by atoms with Gasteiger partial charge < -0.3 is 9.64 Å². The van der Waals surface area contributed by atoms with Crippen LogP contribution in [0.15, 0.2) is 24.3 Å². The predicted octanol–water partition coefficient (Wildman–Crippen LogP) is 2.60. The maximum absolute atomic E-state index is 12.2. The number of alkyl halides is 3. The van der Waals surface area contributed by atoms with E-state index in [2.05, 4.69) is 10.8 Å². The minimum absolute atomic E-state index is 0.0576. The van der Waals surface area contributed by atoms with Crippen LogP contribution in [0.5, 0.6) is 5.75 Å². The number of ether oxygens (including phenoxy) is 1. The normalized spacial score (nSPS) is 18.6. The van der Waals surface area contributed by atoms with E-state index in [1.807, 2.05) is 0 Å². The van der Waals surface area contributed by atoms with Crippen molar-refractivity contribution in [2.24, 2.45) is 0 Å². The highest BCUT2D eigenvalue weighted by molar-refractivity contribution is 7.99. The highest BCUT2D eigenvalue weighted by atomic mass is 32.2. The smallest absolute Gasteiger partial charge is 0.406 e. The first kappa shape index (κ1) is 16.5. The molecule has 1 heterocycles. The van der Waals surface area contributed by atoms with E-state index in [-0.39, 0.29) is 18.1 Å². The molecule has 0 aliphatic carbocycles. The molecule has 0 aromatic heterocycles. The van der Waals surface area contributed by atoms with Crippen LogP contribution in [0.2, 0.25) is 0 Å². The molecule has 1 aromatic rings. The van der Waals surface area contributed by atoms with Gasteiger partial charge in [0, 0.05) is 18.1 Å². The number of carbonyl (C=O) groups is 1. The largest absolute Gasteiger partial charge is 0.573 e. The number of amides is 1. The fourth-order valence-corrected chi connectivity index (χ4v) is 3.11. The van der Waals surface area contributed by atoms with Gasteiger partial charge in [0.1, 0.15) is 11.8 Å². The zero-order valence-electron chi connectivity index (χ0n) is 11.5. The molecule has 8 heteroatoms. The van der Waals surface area contributed by atoms with E-state index in [1.165, 1.54) is 23.1 Å². The molecule has 118 valence electrons. The molecule has 4 nitrogen and oxygen atoms in total. The number of rotatable bonds is 3. The van der Waals surface area contributed by atoms with Gasteiger partial charge in [0.2, 0.25) is 5.91 Å². The molecule has 1 amide bonds. The summed E-state index contributed by atoms with van der Waals surface area (Å²) in [7, 11) is 0. The first-order valence-electron chi connectivity index (χ1n) is 6.50. The molecule has 1 aromatic carbocycles. The number of thioether (sulfide) groups is 1. The number of benzene rings is 1. The molecular weight excluding hydrogens is 317 g/mol. The van der Waals surface area contributed by atoms with E-state index in [4.69, 9.17) is 5.26 Å². The summed E-state index contributed by atoms with van der Waals surface area (Å²) in [4.78, 5) is 13.7. The van der Waals surface area contributed by atoms with E-state index in [0.29, 0.717) is 17.9 Å². The third-order valence-corrected chi connectivity index (χ3v) is 4.11. The first-order valence-corrected chi connectivity index (χ1v) is 7.66. The summed E-state index contributed by atoms with van der Waals surface area (Å²) < 4.78 is 40.4. The van der Waals surface area contributed by atoms with Crippen molar-refractivity contribution >= 4 is 17.7 Å². The van der Waals surface area contributed by atoms with Crippen LogP contribution in [0.4, 0.5) is 13.2 Å². The van der Waals surface area contributed by atoms with Gasteiger partial charge in [-0.15, -0.1) is 13.2 Å². The van der Waals surface area contributed by atoms with E-state index in [1.54, 1.807) is 17.8 Å². The van der Waals surface area contributed by atoms with Crippen LogP contribution < -0.4 is 4.74 Å². The fourth-order valence-electron chi connectivity index (χ4n) is 2.14. The Labute approximate surface area is 129 Å². The number of nitrogens with zero attached hydrogens (tertiary/aromatic N) is 2. The fraction of sp³-hybridized carbons (Fsp3) is 0.429. The zero-order chi connectivity index (χ0) is 16.2. The zero-order valence-corrected chi connectivity index (χ0v) is 12.3. The van der Waals surface area contributed by atoms with Crippen LogP contribution in [0.3, 0.4) is 0 Å². The summed E-state index contributed by atoms with van der Waals surface area (Å²) in [5.41, 5.74) is 0.418. The van der Waals surface area contributed by atoms with Crippen molar-refractivity contribution in [2.45, 2.75) is 18.8 Å². The monoisotopic (exact) mass is 330 g/mol. The Balaban J connectivity index is 2.05. The lowest BCUT2D eigenvalue weighted by Crippen LogP contribution is -2.46. The van der Waals surface area contributed by atoms with Crippen molar-refractivity contribution in [3.63, 3.8) is 0 Å². The Morgan fingerprint density at radius 3 is 2.95 bits per heavy atom. The lowest BCUT2D eigenvalue weighted by Gasteiger charge is -2.31. The highest BCUT2D eigenvalue weighted by Crippen LogP contribution is 2.24. The van der Waals surface area contributed by atoms with Crippen LogP contribution in [-0.2, 0) is 11.2 Å². The van der Waals surface area contributed by atoms with E-state index < -0.39 is 12.4 Å². The van der Waals surface area contributed by atoms with Gasteiger partial charge in [-0.05, 0) is 17.7 Å². The van der Waals surface area contributed by atoms with E-state index in [0.717, 1.165) is 5.75 Å². The third-order valence-electron chi connectivity index (χ3n) is 3.09. The standard InChI is InChI=1S/C14H13F3N2O2S/c15-14(16,17)21-12-3-1-2-10(6-12)7-13(20)19-4-5-22-9-11(19)8-18/h1-3,6,11H,4-5,7,9H2/t11-/m1/s1. The quantitative estimate of drug-likeness (QED) is 0.855. The average molecular weight is 330 g/mol. The minimum atomic E-state index is -4.77. The SMILES string of the molecule is N#C[C@@H]1CSCCN1C(=O)Cc1cccc(OC(F)(F)F)c1. The summed E-state index contributed by atoms with van der Waals surface area (Å²) in [5.74, 6) is 0.681. The molecule has 0 N–H and O–H groups in total. The van der Waals surface area contributed by atoms with E-state index >= 15 is 0 Å². The predicted molar refractivity (Wildman–Crippen MR) is 75.3 cm³/mol. The van der Waals surface area contributed by atoms with Crippen LogP contribution in [0.1, 0.15) is 5.56 Å². The molecule has 0 unspecified atom stereocenters. The molecule has 1 saturated heterocycles. The van der Waals surface area contributed by atoms with Gasteiger partial charge in [0.15, 0.2) is 0 Å². The third kappa shape index (κ3) is 4.56. The number of carbonyl (C=O) groups excluding carboxylic acids is 1. The molecule has 1 fully saturated rings. The van der Waals surface area contributed by atoms with Crippen molar-refractivity contribution in [2.75, 3.05) is 18.1 Å². The maximum atomic E-state index is 12.2. The Morgan fingerprint density at radius 1 is 1.50 bits per heavy atom. The summed E-state index contributed by atoms with van der Waals surface area (Å²) in [6.45, 7) is 0.473. The summed E-state index contributed by atoms with van der Waals surface area (Å²) in [5, 5.41) is 9.05. The summed E-state index contributed by atoms with van der Waals surface area (Å²) >= 11 is 1.60. The number of nitriles is 1. The average Bonchev–Trinajstić information content (AvgIpc) is 2.45. The Kier molecular flexibility index (Phi) is 5.19. The lowest BCUT2D eigenvalue weighted by atomic mass is 10.1. The number of hydrogen-bond acceptors (Lipinski definition) is 4. The molecule has 22 heavy (non-hydrogen) atoms. The molecule has 1 atom stereocenters. The Hall–Kier alpha value is -1.88. The van der Waals surface area contributed by atoms with Gasteiger partial charge >= 0.3 is 6.36 Å². The first-order chi connectivity index (χ1) is 10.4. The van der Waals surface area contributed by atoms with Gasteiger partial charge in [-0.1, -0.05) is 12.1 Å². The minimum Gasteiger partial charge on any atom is -0.406 e. The topological polar surface area (TPSA) is 53.3 Å². The molecule has 0 bridgehead atoms. The van der Waals surface area contributed by atoms with Gasteiger partial charge in [0.05, 0.1) is 12.5 Å². The van der Waals surface area contributed by atoms with Crippen LogP contribution in [0, 0.1) is 11.3 Å². The summed E-state index contributed by atoms with van der Waals surface area (Å²) in [6.07, 6.45) is -4.82. The van der Waals surface area contributed by atoms with Crippen molar-refractivity contribution in [3.8, 4) is 11.8 Å². The van der Waals surface area contributed by atoms with Gasteiger partial charge in [0.25, 0.3) is 0 Å². The number of hydrogen-bond donors (Lipinski definition) is 0. The maximum Gasteiger partial charge on any atom is 0.573 e. The Morgan fingerprint density at radius 2 is 2.27 bits per heavy atom. The van der Waals surface area contributed by atoms with Crippen molar-refractivity contribution in [3.05, 3.63) is 29.8 Å². The van der Waals surface area contributed by atoms with Gasteiger partial charge in [-0.25, -0.2) is 0 Å². The summed E-state index contributed by atoms with van der Waals surface area (Å²) in [6, 6.07) is 6.91. The van der Waals surface area contributed by atoms with Crippen molar-refractivity contribution in [1.29, 1.82) is 5.26 Å². The second kappa shape index (κ2) is 6.92. The lowest BCUT2D eigenvalue weighted by molar-refractivity contribution is -0.274. The number of halogens is 3. The van der Waals surface area contributed by atoms with Crippen LogP contribution >= 0.6 is 11.8 Å². The van der Waals surface area contributed by atoms with E-state index in [9.17, 15) is 18.0 Å². The molecule has 0 radical (unpaired) electrons. The van der Waals surface area contributed by atoms with Gasteiger partial charge in [-0.2, -0.15) is 17.0 Å². The van der Waals surface area contributed by atoms with Crippen molar-refractivity contribution in [1.82, 2.24) is 4.90 Å². The molecule has 0 saturated carbocycles. The second-order valence-electron chi connectivity index (χ2n) is 4.68. The van der Waals surface area contributed by atoms with Gasteiger partial charge in [-0.3, -0.25) is 4.79 Å².